The number of piperidine rings is 1. The average molecular weight is 363 g/mol. The molecule has 1 unspecified atom stereocenters. The Kier molecular flexibility index (Phi) is 7.72. The highest BCUT2D eigenvalue weighted by Crippen LogP contribution is 2.27. The fourth-order valence-corrected chi connectivity index (χ4v) is 3.15. The Morgan fingerprint density at radius 3 is 2.65 bits per heavy atom. The molecule has 0 aliphatic carbocycles. The summed E-state index contributed by atoms with van der Waals surface area (Å²) in [4.78, 5) is 26.5. The maximum Gasteiger partial charge on any atom is 0.251 e. The van der Waals surface area contributed by atoms with Crippen LogP contribution in [0.2, 0.25) is 0 Å². The summed E-state index contributed by atoms with van der Waals surface area (Å²) < 4.78 is 10.3. The normalized spacial score (nSPS) is 17.4. The Balaban J connectivity index is 1.72. The molecule has 1 aromatic carbocycles. The summed E-state index contributed by atoms with van der Waals surface area (Å²) in [6.45, 7) is 5.83. The lowest BCUT2D eigenvalue weighted by atomic mass is 10.0. The molecular formula is C19H29N3O4. The van der Waals surface area contributed by atoms with E-state index in [0.29, 0.717) is 23.6 Å². The van der Waals surface area contributed by atoms with Gasteiger partial charge in [-0.3, -0.25) is 9.59 Å². The van der Waals surface area contributed by atoms with Crippen LogP contribution in [0.25, 0.3) is 0 Å². The van der Waals surface area contributed by atoms with Gasteiger partial charge in [0.2, 0.25) is 5.91 Å². The lowest BCUT2D eigenvalue weighted by molar-refractivity contribution is -0.120. The van der Waals surface area contributed by atoms with E-state index < -0.39 is 0 Å². The second-order valence-corrected chi connectivity index (χ2v) is 6.65. The quantitative estimate of drug-likeness (QED) is 0.727. The second-order valence-electron chi connectivity index (χ2n) is 6.65. The van der Waals surface area contributed by atoms with E-state index in [1.165, 1.54) is 27.1 Å². The van der Waals surface area contributed by atoms with Crippen LogP contribution in [0.15, 0.2) is 18.2 Å². The Hall–Kier alpha value is -2.28. The van der Waals surface area contributed by atoms with E-state index in [9.17, 15) is 9.59 Å². The van der Waals surface area contributed by atoms with Crippen molar-refractivity contribution in [3.8, 4) is 11.5 Å². The number of hydrogen-bond donors (Lipinski definition) is 2. The Morgan fingerprint density at radius 2 is 1.96 bits per heavy atom. The first-order valence-electron chi connectivity index (χ1n) is 9.02. The summed E-state index contributed by atoms with van der Waals surface area (Å²) >= 11 is 0. The van der Waals surface area contributed by atoms with E-state index in [1.54, 1.807) is 18.2 Å². The first-order valence-corrected chi connectivity index (χ1v) is 9.02. The SMILES string of the molecule is COc1ccc(C(=O)NCC(=O)NCCN2CCCC(C)C2)cc1OC. The zero-order chi connectivity index (χ0) is 18.9. The molecule has 2 rings (SSSR count). The molecule has 2 N–H and O–H groups in total. The minimum Gasteiger partial charge on any atom is -0.493 e. The van der Waals surface area contributed by atoms with Gasteiger partial charge in [0, 0.05) is 25.2 Å². The number of nitrogens with zero attached hydrogens (tertiary/aromatic N) is 1. The van der Waals surface area contributed by atoms with Gasteiger partial charge in [-0.15, -0.1) is 0 Å². The fourth-order valence-electron chi connectivity index (χ4n) is 3.15. The Labute approximate surface area is 155 Å². The number of rotatable bonds is 8. The first-order chi connectivity index (χ1) is 12.5. The molecule has 0 bridgehead atoms. The number of carbonyl (C=O) groups is 2. The lowest BCUT2D eigenvalue weighted by Gasteiger charge is -2.30. The summed E-state index contributed by atoms with van der Waals surface area (Å²) in [6.07, 6.45) is 2.50. The summed E-state index contributed by atoms with van der Waals surface area (Å²) in [5, 5.41) is 5.47. The number of benzene rings is 1. The third-order valence-corrected chi connectivity index (χ3v) is 4.55. The highest BCUT2D eigenvalue weighted by Gasteiger charge is 2.16. The number of carbonyl (C=O) groups excluding carboxylic acids is 2. The molecule has 1 aliphatic heterocycles. The molecule has 1 aliphatic rings. The highest BCUT2D eigenvalue weighted by atomic mass is 16.5. The maximum atomic E-state index is 12.2. The first kappa shape index (κ1) is 20.0. The van der Waals surface area contributed by atoms with Crippen LogP contribution in [-0.2, 0) is 4.79 Å². The van der Waals surface area contributed by atoms with Crippen LogP contribution < -0.4 is 20.1 Å². The number of hydrogen-bond acceptors (Lipinski definition) is 5. The standard InChI is InChI=1S/C19H29N3O4/c1-14-5-4-9-22(13-14)10-8-20-18(23)12-21-19(24)15-6-7-16(25-2)17(11-15)26-3/h6-7,11,14H,4-5,8-10,12-13H2,1-3H3,(H,20,23)(H,21,24). The molecule has 0 saturated carbocycles. The minimum atomic E-state index is -0.328. The van der Waals surface area contributed by atoms with Gasteiger partial charge in [0.25, 0.3) is 5.91 Å². The van der Waals surface area contributed by atoms with Crippen LogP contribution in [0.4, 0.5) is 0 Å². The van der Waals surface area contributed by atoms with E-state index in [-0.39, 0.29) is 18.4 Å². The van der Waals surface area contributed by atoms with Crippen molar-refractivity contribution in [1.29, 1.82) is 0 Å². The van der Waals surface area contributed by atoms with Crippen molar-refractivity contribution in [2.75, 3.05) is 46.9 Å². The topological polar surface area (TPSA) is 79.9 Å². The Morgan fingerprint density at radius 1 is 1.19 bits per heavy atom. The van der Waals surface area contributed by atoms with Crippen LogP contribution in [0.5, 0.6) is 11.5 Å². The molecule has 144 valence electrons. The van der Waals surface area contributed by atoms with Gasteiger partial charge in [0.1, 0.15) is 0 Å². The molecular weight excluding hydrogens is 334 g/mol. The van der Waals surface area contributed by atoms with E-state index in [4.69, 9.17) is 9.47 Å². The van der Waals surface area contributed by atoms with Crippen LogP contribution in [0.1, 0.15) is 30.1 Å². The molecule has 1 atom stereocenters. The summed E-state index contributed by atoms with van der Waals surface area (Å²) in [5.41, 5.74) is 0.415. The molecule has 1 fully saturated rings. The van der Waals surface area contributed by atoms with Crippen LogP contribution >= 0.6 is 0 Å². The molecule has 2 amide bonds. The predicted octanol–water partition coefficient (Wildman–Crippen LogP) is 1.28. The van der Waals surface area contributed by atoms with Gasteiger partial charge in [0.05, 0.1) is 20.8 Å². The van der Waals surface area contributed by atoms with Gasteiger partial charge < -0.3 is 25.0 Å². The molecule has 7 nitrogen and oxygen atoms in total. The van der Waals surface area contributed by atoms with Gasteiger partial charge in [0.15, 0.2) is 11.5 Å². The molecule has 0 radical (unpaired) electrons. The van der Waals surface area contributed by atoms with Crippen molar-refractivity contribution in [1.82, 2.24) is 15.5 Å². The van der Waals surface area contributed by atoms with Gasteiger partial charge >= 0.3 is 0 Å². The molecule has 0 spiro atoms. The van der Waals surface area contributed by atoms with Crippen LogP contribution in [0.3, 0.4) is 0 Å². The Bertz CT molecular complexity index is 621. The average Bonchev–Trinajstić information content (AvgIpc) is 2.65. The molecule has 7 heteroatoms. The number of amides is 2. The lowest BCUT2D eigenvalue weighted by Crippen LogP contribution is -2.42. The minimum absolute atomic E-state index is 0.0520. The van der Waals surface area contributed by atoms with Gasteiger partial charge in [-0.05, 0) is 43.5 Å². The predicted molar refractivity (Wildman–Crippen MR) is 99.7 cm³/mol. The number of ether oxygens (including phenoxy) is 2. The third-order valence-electron chi connectivity index (χ3n) is 4.55. The van der Waals surface area contributed by atoms with Crippen molar-refractivity contribution < 1.29 is 19.1 Å². The van der Waals surface area contributed by atoms with Crippen molar-refractivity contribution in [3.05, 3.63) is 23.8 Å². The third kappa shape index (κ3) is 5.91. The van der Waals surface area contributed by atoms with E-state index in [2.05, 4.69) is 22.5 Å². The smallest absolute Gasteiger partial charge is 0.251 e. The van der Waals surface area contributed by atoms with Gasteiger partial charge in [-0.25, -0.2) is 0 Å². The molecule has 1 aromatic rings. The van der Waals surface area contributed by atoms with Crippen molar-refractivity contribution in [2.24, 2.45) is 5.92 Å². The fraction of sp³-hybridized carbons (Fsp3) is 0.579. The zero-order valence-corrected chi connectivity index (χ0v) is 15.8. The molecule has 1 saturated heterocycles. The summed E-state index contributed by atoms with van der Waals surface area (Å²) in [5.74, 6) is 1.23. The van der Waals surface area contributed by atoms with E-state index in [0.717, 1.165) is 25.6 Å². The van der Waals surface area contributed by atoms with E-state index >= 15 is 0 Å². The summed E-state index contributed by atoms with van der Waals surface area (Å²) in [7, 11) is 3.04. The van der Waals surface area contributed by atoms with Crippen molar-refractivity contribution in [2.45, 2.75) is 19.8 Å². The summed E-state index contributed by atoms with van der Waals surface area (Å²) in [6, 6.07) is 4.88. The monoisotopic (exact) mass is 363 g/mol. The van der Waals surface area contributed by atoms with Crippen LogP contribution in [-0.4, -0.2) is 63.7 Å². The molecule has 0 aromatic heterocycles. The van der Waals surface area contributed by atoms with Gasteiger partial charge in [-0.1, -0.05) is 6.92 Å². The number of nitrogens with one attached hydrogen (secondary N) is 2. The molecule has 1 heterocycles. The van der Waals surface area contributed by atoms with Gasteiger partial charge in [-0.2, -0.15) is 0 Å². The van der Waals surface area contributed by atoms with Crippen molar-refractivity contribution in [3.63, 3.8) is 0 Å². The largest absolute Gasteiger partial charge is 0.493 e. The van der Waals surface area contributed by atoms with E-state index in [1.807, 2.05) is 0 Å². The van der Waals surface area contributed by atoms with Crippen molar-refractivity contribution >= 4 is 11.8 Å². The number of likely N-dealkylation sites (tertiary alicyclic amines) is 1. The van der Waals surface area contributed by atoms with Crippen LogP contribution in [0, 0.1) is 5.92 Å². The highest BCUT2D eigenvalue weighted by molar-refractivity contribution is 5.97. The molecule has 26 heavy (non-hydrogen) atoms. The second kappa shape index (κ2) is 10.0. The maximum absolute atomic E-state index is 12.2. The zero-order valence-electron chi connectivity index (χ0n) is 15.8. The number of methoxy groups -OCH3 is 2.